The lowest BCUT2D eigenvalue weighted by molar-refractivity contribution is 0.0596. The number of anilines is 1. The van der Waals surface area contributed by atoms with Gasteiger partial charge in [0.05, 0.1) is 11.1 Å². The van der Waals surface area contributed by atoms with Gasteiger partial charge in [0.2, 0.25) is 0 Å². The number of hydrogen-bond acceptors (Lipinski definition) is 5. The zero-order valence-electron chi connectivity index (χ0n) is 16.3. The van der Waals surface area contributed by atoms with Crippen molar-refractivity contribution in [3.05, 3.63) is 68.4 Å². The maximum absolute atomic E-state index is 13.4. The molecule has 0 unspecified atom stereocenters. The lowest BCUT2D eigenvalue weighted by Gasteiger charge is -2.43. The van der Waals surface area contributed by atoms with Crippen molar-refractivity contribution in [2.24, 2.45) is 13.0 Å². The molecule has 8 nitrogen and oxygen atoms in total. The van der Waals surface area contributed by atoms with Gasteiger partial charge in [-0.25, -0.2) is 0 Å². The smallest absolute Gasteiger partial charge is 0.275 e. The third-order valence-electron chi connectivity index (χ3n) is 6.26. The fraction of sp³-hybridized carbons (Fsp3) is 0.333. The SMILES string of the molecule is Cn1cc(C(=O)N2C[C@@H]3C[C@@H](C2)c2ccc(N([O-])O)c(=O)n2C3)c2ccc(Cl)cc21. The van der Waals surface area contributed by atoms with Crippen LogP contribution in [-0.2, 0) is 13.6 Å². The molecule has 2 aliphatic heterocycles. The molecule has 0 aliphatic carbocycles. The minimum absolute atomic E-state index is 0.00594. The highest BCUT2D eigenvalue weighted by Gasteiger charge is 2.37. The maximum Gasteiger partial charge on any atom is 0.275 e. The first-order valence-electron chi connectivity index (χ1n) is 9.77. The van der Waals surface area contributed by atoms with Crippen LogP contribution >= 0.6 is 11.6 Å². The van der Waals surface area contributed by atoms with Crippen LogP contribution in [0.5, 0.6) is 0 Å². The zero-order chi connectivity index (χ0) is 21.2. The van der Waals surface area contributed by atoms with E-state index in [-0.39, 0.29) is 28.7 Å². The van der Waals surface area contributed by atoms with Crippen molar-refractivity contribution in [2.75, 3.05) is 18.3 Å². The average molecular weight is 428 g/mol. The molecular formula is C21H20ClN4O4-. The standard InChI is InChI=1S/C21H20ClN4O4/c1-23-11-16(15-3-2-14(22)7-19(15)23)20(27)24-8-12-6-13(10-24)17-4-5-18(26(29)30)21(28)25(17)9-12/h2-5,7,11-13,29H,6,8-10H2,1H3/q-1/t12-,13-/m0/s1. The average Bonchev–Trinajstić information content (AvgIpc) is 3.03. The number of halogens is 1. The molecule has 4 heterocycles. The molecule has 1 aromatic carbocycles. The van der Waals surface area contributed by atoms with Crippen LogP contribution in [0.4, 0.5) is 5.69 Å². The van der Waals surface area contributed by atoms with Gasteiger partial charge in [0.15, 0.2) is 0 Å². The molecule has 1 N–H and O–H groups in total. The number of piperidine rings is 1. The highest BCUT2D eigenvalue weighted by molar-refractivity contribution is 6.31. The fourth-order valence-corrected chi connectivity index (χ4v) is 5.11. The van der Waals surface area contributed by atoms with E-state index in [1.165, 1.54) is 6.07 Å². The first kappa shape index (κ1) is 19.2. The van der Waals surface area contributed by atoms with Gasteiger partial charge in [0.25, 0.3) is 11.5 Å². The van der Waals surface area contributed by atoms with Gasteiger partial charge in [-0.3, -0.25) is 14.8 Å². The minimum atomic E-state index is -0.495. The van der Waals surface area contributed by atoms with Crippen LogP contribution in [0.3, 0.4) is 0 Å². The molecular weight excluding hydrogens is 408 g/mol. The first-order valence-corrected chi connectivity index (χ1v) is 10.1. The summed E-state index contributed by atoms with van der Waals surface area (Å²) < 4.78 is 3.47. The number of pyridine rings is 1. The maximum atomic E-state index is 13.4. The summed E-state index contributed by atoms with van der Waals surface area (Å²) in [4.78, 5) is 27.8. The van der Waals surface area contributed by atoms with Gasteiger partial charge in [0.1, 0.15) is 5.69 Å². The Hall–Kier alpha value is -2.81. The van der Waals surface area contributed by atoms with Crippen LogP contribution in [0.15, 0.2) is 41.3 Å². The third kappa shape index (κ3) is 2.91. The Morgan fingerprint density at radius 2 is 2.03 bits per heavy atom. The molecule has 2 bridgehead atoms. The summed E-state index contributed by atoms with van der Waals surface area (Å²) >= 11 is 6.11. The minimum Gasteiger partial charge on any atom is -0.733 e. The second-order valence-electron chi connectivity index (χ2n) is 8.16. The number of nitrogens with zero attached hydrogens (tertiary/aromatic N) is 4. The van der Waals surface area contributed by atoms with Crippen LogP contribution in [0.1, 0.15) is 28.4 Å². The van der Waals surface area contributed by atoms with Crippen LogP contribution in [-0.4, -0.2) is 38.2 Å². The van der Waals surface area contributed by atoms with Crippen molar-refractivity contribution in [3.8, 4) is 0 Å². The zero-order valence-corrected chi connectivity index (χ0v) is 17.0. The molecule has 2 aliphatic rings. The van der Waals surface area contributed by atoms with E-state index >= 15 is 0 Å². The normalized spacial score (nSPS) is 20.3. The van der Waals surface area contributed by atoms with Gasteiger partial charge < -0.3 is 24.5 Å². The number of likely N-dealkylation sites (tertiary alicyclic amines) is 1. The molecule has 2 aromatic heterocycles. The molecule has 1 amide bonds. The van der Waals surface area contributed by atoms with Crippen molar-refractivity contribution in [2.45, 2.75) is 18.9 Å². The molecule has 156 valence electrons. The number of amides is 1. The van der Waals surface area contributed by atoms with E-state index in [4.69, 9.17) is 16.8 Å². The van der Waals surface area contributed by atoms with E-state index < -0.39 is 5.56 Å². The highest BCUT2D eigenvalue weighted by atomic mass is 35.5. The monoisotopic (exact) mass is 427 g/mol. The summed E-state index contributed by atoms with van der Waals surface area (Å²) in [6.07, 6.45) is 2.72. The predicted molar refractivity (Wildman–Crippen MR) is 113 cm³/mol. The number of rotatable bonds is 2. The van der Waals surface area contributed by atoms with Gasteiger partial charge in [-0.2, -0.15) is 0 Å². The Morgan fingerprint density at radius 3 is 2.80 bits per heavy atom. The van der Waals surface area contributed by atoms with Crippen LogP contribution in [0.25, 0.3) is 10.9 Å². The molecule has 30 heavy (non-hydrogen) atoms. The van der Waals surface area contributed by atoms with Crippen molar-refractivity contribution in [1.82, 2.24) is 14.0 Å². The lowest BCUT2D eigenvalue weighted by Crippen LogP contribution is -2.49. The second-order valence-corrected chi connectivity index (χ2v) is 8.59. The van der Waals surface area contributed by atoms with Crippen LogP contribution in [0.2, 0.25) is 5.02 Å². The predicted octanol–water partition coefficient (Wildman–Crippen LogP) is 2.95. The van der Waals surface area contributed by atoms with Gasteiger partial charge in [0, 0.05) is 54.9 Å². The van der Waals surface area contributed by atoms with E-state index in [1.54, 1.807) is 16.7 Å². The quantitative estimate of drug-likeness (QED) is 0.634. The topological polar surface area (TPSA) is 93.8 Å². The summed E-state index contributed by atoms with van der Waals surface area (Å²) in [6, 6.07) is 8.55. The van der Waals surface area contributed by atoms with E-state index in [2.05, 4.69) is 0 Å². The van der Waals surface area contributed by atoms with Crippen LogP contribution in [0, 0.1) is 11.1 Å². The molecule has 1 saturated heterocycles. The second kappa shape index (κ2) is 6.87. The molecule has 0 radical (unpaired) electrons. The third-order valence-corrected chi connectivity index (χ3v) is 6.50. The Bertz CT molecular complexity index is 1230. The Balaban J connectivity index is 1.48. The number of carbonyl (C=O) groups is 1. The molecule has 9 heteroatoms. The van der Waals surface area contributed by atoms with Crippen molar-refractivity contribution >= 4 is 34.1 Å². The van der Waals surface area contributed by atoms with Crippen LogP contribution < -0.4 is 10.8 Å². The number of hydrogen-bond donors (Lipinski definition) is 1. The number of aryl methyl sites for hydroxylation is 1. The van der Waals surface area contributed by atoms with E-state index in [1.807, 2.05) is 34.8 Å². The summed E-state index contributed by atoms with van der Waals surface area (Å²) in [5.74, 6) is 0.0777. The number of benzene rings is 1. The molecule has 5 rings (SSSR count). The van der Waals surface area contributed by atoms with Crippen molar-refractivity contribution in [3.63, 3.8) is 0 Å². The lowest BCUT2D eigenvalue weighted by atomic mass is 9.83. The first-order chi connectivity index (χ1) is 14.3. The Kier molecular flexibility index (Phi) is 4.39. The largest absolute Gasteiger partial charge is 0.733 e. The molecule has 3 aromatic rings. The van der Waals surface area contributed by atoms with E-state index in [0.29, 0.717) is 30.2 Å². The Morgan fingerprint density at radius 1 is 1.23 bits per heavy atom. The number of fused-ring (bicyclic) bond motifs is 5. The summed E-state index contributed by atoms with van der Waals surface area (Å²) in [7, 11) is 1.89. The molecule has 1 fully saturated rings. The number of aromatic nitrogens is 2. The van der Waals surface area contributed by atoms with Gasteiger partial charge in [-0.15, -0.1) is 0 Å². The van der Waals surface area contributed by atoms with Gasteiger partial charge >= 0.3 is 0 Å². The van der Waals surface area contributed by atoms with Crippen molar-refractivity contribution in [1.29, 1.82) is 0 Å². The van der Waals surface area contributed by atoms with E-state index in [9.17, 15) is 14.8 Å². The Labute approximate surface area is 177 Å². The molecule has 2 atom stereocenters. The summed E-state index contributed by atoms with van der Waals surface area (Å²) in [5, 5.41) is 21.5. The molecule has 0 spiro atoms. The highest BCUT2D eigenvalue weighted by Crippen LogP contribution is 2.37. The summed E-state index contributed by atoms with van der Waals surface area (Å²) in [5.41, 5.74) is 1.55. The molecule has 0 saturated carbocycles. The summed E-state index contributed by atoms with van der Waals surface area (Å²) in [6.45, 7) is 1.45. The van der Waals surface area contributed by atoms with E-state index in [0.717, 1.165) is 23.0 Å². The van der Waals surface area contributed by atoms with Gasteiger partial charge in [-0.1, -0.05) is 17.7 Å². The number of carbonyl (C=O) groups excluding carboxylic acids is 1. The van der Waals surface area contributed by atoms with Gasteiger partial charge in [-0.05, 0) is 36.6 Å². The fourth-order valence-electron chi connectivity index (χ4n) is 4.94. The van der Waals surface area contributed by atoms with Crippen molar-refractivity contribution < 1.29 is 10.0 Å².